The molecule has 3 rings (SSSR count). The first kappa shape index (κ1) is 22.0. The van der Waals surface area contributed by atoms with Crippen LogP contribution in [0.3, 0.4) is 0 Å². The van der Waals surface area contributed by atoms with E-state index in [9.17, 15) is 28.1 Å². The monoisotopic (exact) mass is 449 g/mol. The molecule has 0 atom stereocenters. The highest BCUT2D eigenvalue weighted by Gasteiger charge is 2.31. The van der Waals surface area contributed by atoms with E-state index in [1.54, 1.807) is 24.3 Å². The molecule has 1 amide bonds. The number of halogens is 3. The van der Waals surface area contributed by atoms with Crippen LogP contribution in [0.2, 0.25) is 0 Å². The number of carbonyl (C=O) groups excluding carboxylic acids is 1. The molecular weight excluding hydrogens is 435 g/mol. The van der Waals surface area contributed by atoms with Gasteiger partial charge in [-0.1, -0.05) is 12.1 Å². The normalized spacial score (nSPS) is 10.9. The molecule has 7 nitrogen and oxygen atoms in total. The Bertz CT molecular complexity index is 1090. The van der Waals surface area contributed by atoms with E-state index in [1.807, 2.05) is 0 Å². The van der Waals surface area contributed by atoms with E-state index in [2.05, 4.69) is 14.8 Å². The number of amides is 1. The molecule has 0 saturated carbocycles. The molecule has 0 aromatic heterocycles. The van der Waals surface area contributed by atoms with Crippen molar-refractivity contribution in [3.05, 3.63) is 88.5 Å². The fourth-order valence-corrected chi connectivity index (χ4v) is 3.14. The van der Waals surface area contributed by atoms with Gasteiger partial charge < -0.3 is 14.8 Å². The van der Waals surface area contributed by atoms with Gasteiger partial charge in [-0.05, 0) is 54.4 Å². The van der Waals surface area contributed by atoms with Crippen LogP contribution in [0.4, 0.5) is 30.2 Å². The molecule has 0 heterocycles. The van der Waals surface area contributed by atoms with Gasteiger partial charge in [-0.15, -0.1) is 13.2 Å². The van der Waals surface area contributed by atoms with Gasteiger partial charge in [-0.25, -0.2) is 0 Å². The molecule has 3 aromatic carbocycles. The quantitative estimate of drug-likeness (QED) is 0.266. The van der Waals surface area contributed by atoms with E-state index < -0.39 is 22.9 Å². The van der Waals surface area contributed by atoms with Crippen molar-refractivity contribution in [2.75, 3.05) is 10.0 Å². The van der Waals surface area contributed by atoms with E-state index in [1.165, 1.54) is 48.3 Å². The Morgan fingerprint density at radius 2 is 1.68 bits per heavy atom. The van der Waals surface area contributed by atoms with Crippen molar-refractivity contribution in [1.82, 2.24) is 0 Å². The molecule has 0 aliphatic rings. The van der Waals surface area contributed by atoms with Crippen molar-refractivity contribution in [3.8, 4) is 5.75 Å². The van der Waals surface area contributed by atoms with E-state index in [0.717, 1.165) is 12.1 Å². The second-order valence-corrected chi connectivity index (χ2v) is 6.95. The molecule has 2 N–H and O–H groups in total. The molecule has 0 saturated heterocycles. The van der Waals surface area contributed by atoms with Crippen molar-refractivity contribution in [2.24, 2.45) is 0 Å². The Morgan fingerprint density at radius 3 is 2.35 bits per heavy atom. The summed E-state index contributed by atoms with van der Waals surface area (Å²) in [6, 6.07) is 17.4. The lowest BCUT2D eigenvalue weighted by molar-refractivity contribution is -0.385. The zero-order chi connectivity index (χ0) is 22.4. The topological polar surface area (TPSA) is 93.5 Å². The van der Waals surface area contributed by atoms with Crippen LogP contribution in [0.5, 0.6) is 5.75 Å². The summed E-state index contributed by atoms with van der Waals surface area (Å²) >= 11 is 1.17. The molecule has 0 radical (unpaired) electrons. The number of carbonyl (C=O) groups is 1. The van der Waals surface area contributed by atoms with E-state index in [4.69, 9.17) is 0 Å². The zero-order valence-electron chi connectivity index (χ0n) is 15.6. The van der Waals surface area contributed by atoms with Crippen LogP contribution in [0, 0.1) is 10.1 Å². The number of nitrogens with one attached hydrogen (secondary N) is 2. The number of benzene rings is 3. The van der Waals surface area contributed by atoms with E-state index >= 15 is 0 Å². The maximum atomic E-state index is 12.3. The standard InChI is InChI=1S/C20H14F3N3O4S/c21-20(22,23)30-17-5-1-3-15(11-17)24-19(27)13-7-9-14(10-8-13)25-31-18-6-2-4-16(12-18)26(28)29/h1-12,25H,(H,24,27). The Labute approximate surface area is 178 Å². The number of hydrogen-bond donors (Lipinski definition) is 2. The predicted molar refractivity (Wildman–Crippen MR) is 110 cm³/mol. The highest BCUT2D eigenvalue weighted by Crippen LogP contribution is 2.26. The first-order chi connectivity index (χ1) is 14.7. The number of non-ortho nitro benzene ring substituents is 1. The number of ether oxygens (including phenoxy) is 1. The Kier molecular flexibility index (Phi) is 6.65. The zero-order valence-corrected chi connectivity index (χ0v) is 16.4. The summed E-state index contributed by atoms with van der Waals surface area (Å²) in [6.45, 7) is 0. The number of nitro groups is 1. The molecule has 0 aliphatic heterocycles. The average Bonchev–Trinajstić information content (AvgIpc) is 2.72. The van der Waals surface area contributed by atoms with Crippen molar-refractivity contribution < 1.29 is 27.6 Å². The molecule has 11 heteroatoms. The SMILES string of the molecule is O=C(Nc1cccc(OC(F)(F)F)c1)c1ccc(NSc2cccc([N+](=O)[O-])c2)cc1. The summed E-state index contributed by atoms with van der Waals surface area (Å²) in [7, 11) is 0. The third kappa shape index (κ3) is 6.64. The van der Waals surface area contributed by atoms with Crippen LogP contribution in [0.1, 0.15) is 10.4 Å². The van der Waals surface area contributed by atoms with Crippen molar-refractivity contribution in [3.63, 3.8) is 0 Å². The highest BCUT2D eigenvalue weighted by atomic mass is 32.2. The first-order valence-electron chi connectivity index (χ1n) is 8.64. The van der Waals surface area contributed by atoms with Crippen molar-refractivity contribution in [2.45, 2.75) is 11.3 Å². The molecule has 0 aliphatic carbocycles. The summed E-state index contributed by atoms with van der Waals surface area (Å²) in [5.74, 6) is -0.954. The van der Waals surface area contributed by atoms with Crippen molar-refractivity contribution >= 4 is 34.9 Å². The third-order valence-corrected chi connectivity index (χ3v) is 4.62. The van der Waals surface area contributed by atoms with Gasteiger partial charge in [0.25, 0.3) is 11.6 Å². The number of nitrogens with zero attached hydrogens (tertiary/aromatic N) is 1. The van der Waals surface area contributed by atoms with Crippen LogP contribution in [-0.4, -0.2) is 17.2 Å². The van der Waals surface area contributed by atoms with Gasteiger partial charge in [0.1, 0.15) is 5.75 Å². The van der Waals surface area contributed by atoms with Gasteiger partial charge in [0.05, 0.1) is 4.92 Å². The fraction of sp³-hybridized carbons (Fsp3) is 0.0500. The Balaban J connectivity index is 1.60. The summed E-state index contributed by atoms with van der Waals surface area (Å²) < 4.78 is 43.8. The number of alkyl halides is 3. The second-order valence-electron chi connectivity index (χ2n) is 6.07. The molecular formula is C20H14F3N3O4S. The Morgan fingerprint density at radius 1 is 0.968 bits per heavy atom. The summed E-state index contributed by atoms with van der Waals surface area (Å²) in [5, 5.41) is 13.3. The lowest BCUT2D eigenvalue weighted by atomic mass is 10.2. The minimum absolute atomic E-state index is 0.0245. The average molecular weight is 449 g/mol. The molecule has 0 fully saturated rings. The molecule has 3 aromatic rings. The van der Waals surface area contributed by atoms with Gasteiger partial charge in [-0.2, -0.15) is 0 Å². The van der Waals surface area contributed by atoms with Crippen LogP contribution in [0.15, 0.2) is 77.7 Å². The lowest BCUT2D eigenvalue weighted by Gasteiger charge is -2.11. The van der Waals surface area contributed by atoms with Crippen LogP contribution in [0.25, 0.3) is 0 Å². The largest absolute Gasteiger partial charge is 0.573 e. The lowest BCUT2D eigenvalue weighted by Crippen LogP contribution is -2.17. The summed E-state index contributed by atoms with van der Waals surface area (Å²) in [5.41, 5.74) is 1.06. The summed E-state index contributed by atoms with van der Waals surface area (Å²) in [4.78, 5) is 23.3. The smallest absolute Gasteiger partial charge is 0.406 e. The fourth-order valence-electron chi connectivity index (χ4n) is 2.44. The summed E-state index contributed by atoms with van der Waals surface area (Å²) in [6.07, 6.45) is -4.83. The minimum atomic E-state index is -4.83. The van der Waals surface area contributed by atoms with E-state index in [-0.39, 0.29) is 16.9 Å². The highest BCUT2D eigenvalue weighted by molar-refractivity contribution is 8.00. The van der Waals surface area contributed by atoms with Crippen LogP contribution >= 0.6 is 11.9 Å². The maximum Gasteiger partial charge on any atom is 0.573 e. The number of rotatable bonds is 7. The van der Waals surface area contributed by atoms with Crippen molar-refractivity contribution in [1.29, 1.82) is 0 Å². The minimum Gasteiger partial charge on any atom is -0.406 e. The van der Waals surface area contributed by atoms with Gasteiger partial charge in [-0.3, -0.25) is 14.9 Å². The molecule has 160 valence electrons. The number of hydrogen-bond acceptors (Lipinski definition) is 6. The van der Waals surface area contributed by atoms with Crippen LogP contribution in [-0.2, 0) is 0 Å². The molecule has 31 heavy (non-hydrogen) atoms. The van der Waals surface area contributed by atoms with E-state index in [0.29, 0.717) is 10.6 Å². The van der Waals surface area contributed by atoms with Gasteiger partial charge in [0.2, 0.25) is 0 Å². The number of nitro benzene ring substituents is 1. The predicted octanol–water partition coefficient (Wildman–Crippen LogP) is 5.86. The maximum absolute atomic E-state index is 12.3. The Hall–Kier alpha value is -3.73. The van der Waals surface area contributed by atoms with Gasteiger partial charge in [0, 0.05) is 40.0 Å². The van der Waals surface area contributed by atoms with Gasteiger partial charge >= 0.3 is 6.36 Å². The molecule has 0 spiro atoms. The molecule has 0 bridgehead atoms. The third-order valence-electron chi connectivity index (χ3n) is 3.79. The second kappa shape index (κ2) is 9.39. The van der Waals surface area contributed by atoms with Gasteiger partial charge in [0.15, 0.2) is 0 Å². The first-order valence-corrected chi connectivity index (χ1v) is 9.46. The van der Waals surface area contributed by atoms with Crippen LogP contribution < -0.4 is 14.8 Å². The molecule has 0 unspecified atom stereocenters. The number of anilines is 2.